The molecule has 0 aliphatic carbocycles. The van der Waals surface area contributed by atoms with Crippen LogP contribution in [0.2, 0.25) is 0 Å². The molecule has 0 bridgehead atoms. The second-order valence-electron chi connectivity index (χ2n) is 4.23. The molecule has 0 spiro atoms. The molecule has 94 valence electrons. The number of likely N-dealkylation sites (tertiary alicyclic amines) is 1. The standard InChI is InChI=1S/C12H18N2O3/c1-2-6-13-8-11(15)14-7-5-10(9-14)3-4-12(16)17/h1,10,13H,3-9H2,(H,16,17). The molecular weight excluding hydrogens is 220 g/mol. The fourth-order valence-corrected chi connectivity index (χ4v) is 1.98. The first kappa shape index (κ1) is 13.5. The van der Waals surface area contributed by atoms with Crippen LogP contribution in [0.1, 0.15) is 19.3 Å². The van der Waals surface area contributed by atoms with E-state index in [4.69, 9.17) is 11.5 Å². The fraction of sp³-hybridized carbons (Fsp3) is 0.667. The van der Waals surface area contributed by atoms with Crippen LogP contribution >= 0.6 is 0 Å². The molecule has 17 heavy (non-hydrogen) atoms. The van der Waals surface area contributed by atoms with Gasteiger partial charge in [0.2, 0.25) is 5.91 Å². The van der Waals surface area contributed by atoms with Gasteiger partial charge in [0.05, 0.1) is 13.1 Å². The van der Waals surface area contributed by atoms with Crippen LogP contribution in [0.5, 0.6) is 0 Å². The summed E-state index contributed by atoms with van der Waals surface area (Å²) in [5.74, 6) is 2.00. The Morgan fingerprint density at radius 2 is 2.29 bits per heavy atom. The predicted molar refractivity (Wildman–Crippen MR) is 63.3 cm³/mol. The Morgan fingerprint density at radius 3 is 2.94 bits per heavy atom. The summed E-state index contributed by atoms with van der Waals surface area (Å²) in [6, 6.07) is 0. The molecule has 0 saturated carbocycles. The number of carboxylic acids is 1. The van der Waals surface area contributed by atoms with Gasteiger partial charge < -0.3 is 10.0 Å². The average molecular weight is 238 g/mol. The van der Waals surface area contributed by atoms with E-state index in [2.05, 4.69) is 11.2 Å². The van der Waals surface area contributed by atoms with E-state index < -0.39 is 5.97 Å². The molecule has 5 heteroatoms. The van der Waals surface area contributed by atoms with Gasteiger partial charge in [-0.1, -0.05) is 5.92 Å². The van der Waals surface area contributed by atoms with Crippen LogP contribution in [-0.4, -0.2) is 48.1 Å². The van der Waals surface area contributed by atoms with Crippen LogP contribution in [0.15, 0.2) is 0 Å². The van der Waals surface area contributed by atoms with Crippen molar-refractivity contribution in [2.24, 2.45) is 5.92 Å². The molecule has 5 nitrogen and oxygen atoms in total. The Kier molecular flexibility index (Phi) is 5.50. The summed E-state index contributed by atoms with van der Waals surface area (Å²) >= 11 is 0. The van der Waals surface area contributed by atoms with Gasteiger partial charge in [0, 0.05) is 19.5 Å². The molecule has 1 saturated heterocycles. The third kappa shape index (κ3) is 4.87. The number of amides is 1. The third-order valence-electron chi connectivity index (χ3n) is 2.91. The van der Waals surface area contributed by atoms with Crippen LogP contribution < -0.4 is 5.32 Å². The van der Waals surface area contributed by atoms with E-state index in [9.17, 15) is 9.59 Å². The molecule has 1 heterocycles. The van der Waals surface area contributed by atoms with Gasteiger partial charge in [0.15, 0.2) is 0 Å². The predicted octanol–water partition coefficient (Wildman–Crippen LogP) is -0.0775. The zero-order valence-corrected chi connectivity index (χ0v) is 9.82. The quantitative estimate of drug-likeness (QED) is 0.502. The summed E-state index contributed by atoms with van der Waals surface area (Å²) in [4.78, 5) is 23.9. The molecular formula is C12H18N2O3. The molecule has 0 aromatic carbocycles. The highest BCUT2D eigenvalue weighted by atomic mass is 16.4. The summed E-state index contributed by atoms with van der Waals surface area (Å²) in [6.45, 7) is 2.04. The van der Waals surface area contributed by atoms with E-state index in [0.29, 0.717) is 25.4 Å². The molecule has 0 aromatic rings. The Hall–Kier alpha value is -1.54. The SMILES string of the molecule is C#CCNCC(=O)N1CCC(CCC(=O)O)C1. The number of rotatable bonds is 6. The van der Waals surface area contributed by atoms with Gasteiger partial charge in [-0.3, -0.25) is 14.9 Å². The minimum atomic E-state index is -0.773. The van der Waals surface area contributed by atoms with Crippen molar-refractivity contribution in [3.63, 3.8) is 0 Å². The molecule has 1 fully saturated rings. The first-order valence-corrected chi connectivity index (χ1v) is 5.77. The van der Waals surface area contributed by atoms with E-state index in [1.54, 1.807) is 4.90 Å². The number of nitrogens with zero attached hydrogens (tertiary/aromatic N) is 1. The van der Waals surface area contributed by atoms with E-state index in [0.717, 1.165) is 13.0 Å². The topological polar surface area (TPSA) is 69.6 Å². The first-order valence-electron chi connectivity index (χ1n) is 5.77. The molecule has 1 aliphatic heterocycles. The number of carbonyl (C=O) groups is 2. The fourth-order valence-electron chi connectivity index (χ4n) is 1.98. The number of carbonyl (C=O) groups excluding carboxylic acids is 1. The highest BCUT2D eigenvalue weighted by Crippen LogP contribution is 2.20. The van der Waals surface area contributed by atoms with Gasteiger partial charge in [-0.05, 0) is 18.8 Å². The van der Waals surface area contributed by atoms with Gasteiger partial charge in [0.1, 0.15) is 0 Å². The Bertz CT molecular complexity index is 322. The second-order valence-corrected chi connectivity index (χ2v) is 4.23. The zero-order chi connectivity index (χ0) is 12.7. The molecule has 2 N–H and O–H groups in total. The summed E-state index contributed by atoms with van der Waals surface area (Å²) in [5.41, 5.74) is 0. The molecule has 1 rings (SSSR count). The summed E-state index contributed by atoms with van der Waals surface area (Å²) < 4.78 is 0. The first-order chi connectivity index (χ1) is 8.13. The highest BCUT2D eigenvalue weighted by Gasteiger charge is 2.25. The lowest BCUT2D eigenvalue weighted by molar-refractivity contribution is -0.137. The Labute approximate surface area is 101 Å². The van der Waals surface area contributed by atoms with E-state index in [1.807, 2.05) is 0 Å². The minimum absolute atomic E-state index is 0.0399. The second kappa shape index (κ2) is 6.92. The number of hydrogen-bond acceptors (Lipinski definition) is 3. The Morgan fingerprint density at radius 1 is 1.53 bits per heavy atom. The minimum Gasteiger partial charge on any atom is -0.481 e. The van der Waals surface area contributed by atoms with Crippen molar-refractivity contribution >= 4 is 11.9 Å². The van der Waals surface area contributed by atoms with Crippen LogP contribution in [0.4, 0.5) is 0 Å². The Balaban J connectivity index is 2.22. The third-order valence-corrected chi connectivity index (χ3v) is 2.91. The number of terminal acetylenes is 1. The van der Waals surface area contributed by atoms with Gasteiger partial charge >= 0.3 is 5.97 Å². The normalized spacial score (nSPS) is 19.0. The lowest BCUT2D eigenvalue weighted by Gasteiger charge is -2.16. The number of hydrogen-bond donors (Lipinski definition) is 2. The van der Waals surface area contributed by atoms with Crippen LogP contribution in [0, 0.1) is 18.3 Å². The summed E-state index contributed by atoms with van der Waals surface area (Å²) in [7, 11) is 0. The van der Waals surface area contributed by atoms with E-state index in [1.165, 1.54) is 0 Å². The monoisotopic (exact) mass is 238 g/mol. The van der Waals surface area contributed by atoms with Gasteiger partial charge in [-0.2, -0.15) is 0 Å². The van der Waals surface area contributed by atoms with Gasteiger partial charge in [-0.25, -0.2) is 0 Å². The number of carboxylic acid groups (broad SMARTS) is 1. The average Bonchev–Trinajstić information content (AvgIpc) is 2.75. The van der Waals surface area contributed by atoms with E-state index >= 15 is 0 Å². The molecule has 0 aromatic heterocycles. The lowest BCUT2D eigenvalue weighted by Crippen LogP contribution is -2.36. The smallest absolute Gasteiger partial charge is 0.303 e. The maximum atomic E-state index is 11.7. The van der Waals surface area contributed by atoms with Crippen LogP contribution in [-0.2, 0) is 9.59 Å². The lowest BCUT2D eigenvalue weighted by atomic mass is 10.0. The molecule has 1 atom stereocenters. The van der Waals surface area contributed by atoms with Crippen molar-refractivity contribution in [2.75, 3.05) is 26.2 Å². The summed E-state index contributed by atoms with van der Waals surface area (Å²) in [6.07, 6.45) is 6.79. The molecule has 0 radical (unpaired) electrons. The van der Waals surface area contributed by atoms with Crippen molar-refractivity contribution in [3.05, 3.63) is 0 Å². The van der Waals surface area contributed by atoms with Crippen molar-refractivity contribution in [1.29, 1.82) is 0 Å². The number of aliphatic carboxylic acids is 1. The van der Waals surface area contributed by atoms with Crippen molar-refractivity contribution in [3.8, 4) is 12.3 Å². The van der Waals surface area contributed by atoms with Crippen molar-refractivity contribution in [1.82, 2.24) is 10.2 Å². The molecule has 1 amide bonds. The summed E-state index contributed by atoms with van der Waals surface area (Å²) in [5, 5.41) is 11.4. The van der Waals surface area contributed by atoms with Crippen LogP contribution in [0.3, 0.4) is 0 Å². The largest absolute Gasteiger partial charge is 0.481 e. The van der Waals surface area contributed by atoms with Gasteiger partial charge in [0.25, 0.3) is 0 Å². The maximum Gasteiger partial charge on any atom is 0.303 e. The van der Waals surface area contributed by atoms with E-state index in [-0.39, 0.29) is 18.9 Å². The van der Waals surface area contributed by atoms with Gasteiger partial charge in [-0.15, -0.1) is 6.42 Å². The van der Waals surface area contributed by atoms with Crippen molar-refractivity contribution < 1.29 is 14.7 Å². The maximum absolute atomic E-state index is 11.7. The zero-order valence-electron chi connectivity index (χ0n) is 9.82. The molecule has 1 aliphatic rings. The molecule has 1 unspecified atom stereocenters. The number of nitrogens with one attached hydrogen (secondary N) is 1. The van der Waals surface area contributed by atoms with Crippen LogP contribution in [0.25, 0.3) is 0 Å². The van der Waals surface area contributed by atoms with Crippen molar-refractivity contribution in [2.45, 2.75) is 19.3 Å². The highest BCUT2D eigenvalue weighted by molar-refractivity contribution is 5.78.